The van der Waals surface area contributed by atoms with Gasteiger partial charge in [-0.1, -0.05) is 0 Å². The largest absolute Gasteiger partial charge is 0.493 e. The maximum atomic E-state index is 12.4. The van der Waals surface area contributed by atoms with Crippen LogP contribution in [0.5, 0.6) is 17.2 Å². The highest BCUT2D eigenvalue weighted by molar-refractivity contribution is 5.93. The number of hydrogen-bond donors (Lipinski definition) is 2. The Morgan fingerprint density at radius 1 is 1.11 bits per heavy atom. The zero-order valence-electron chi connectivity index (χ0n) is 14.4. The summed E-state index contributed by atoms with van der Waals surface area (Å²) in [5.74, 6) is -0.510. The SMILES string of the molecule is COc1ccc(NC(=O)CCOc2ccc(C(N)=O)cc2)cc1OC(F)F. The second-order valence-electron chi connectivity index (χ2n) is 5.28. The first-order chi connectivity index (χ1) is 12.9. The Hall–Kier alpha value is -3.36. The number of rotatable bonds is 9. The van der Waals surface area contributed by atoms with Gasteiger partial charge in [-0.3, -0.25) is 9.59 Å². The van der Waals surface area contributed by atoms with Crippen LogP contribution in [0.15, 0.2) is 42.5 Å². The summed E-state index contributed by atoms with van der Waals surface area (Å²) in [7, 11) is 1.32. The second-order valence-corrected chi connectivity index (χ2v) is 5.28. The number of nitrogens with two attached hydrogens (primary N) is 1. The quantitative estimate of drug-likeness (QED) is 0.697. The fraction of sp³-hybridized carbons (Fsp3) is 0.222. The smallest absolute Gasteiger partial charge is 0.387 e. The van der Waals surface area contributed by atoms with Gasteiger partial charge < -0.3 is 25.3 Å². The molecule has 0 unspecified atom stereocenters. The van der Waals surface area contributed by atoms with Crippen LogP contribution in [-0.4, -0.2) is 32.1 Å². The Bertz CT molecular complexity index is 797. The highest BCUT2D eigenvalue weighted by atomic mass is 19.3. The molecule has 7 nitrogen and oxygen atoms in total. The highest BCUT2D eigenvalue weighted by Gasteiger charge is 2.12. The van der Waals surface area contributed by atoms with Crippen LogP contribution in [0, 0.1) is 0 Å². The maximum absolute atomic E-state index is 12.4. The molecule has 0 atom stereocenters. The van der Waals surface area contributed by atoms with Gasteiger partial charge in [0.2, 0.25) is 11.8 Å². The standard InChI is InChI=1S/C18H18F2N2O5/c1-25-14-7-4-12(10-15(14)27-18(19)20)22-16(23)8-9-26-13-5-2-11(3-6-13)17(21)24/h2-7,10,18H,8-9H2,1H3,(H2,21,24)(H,22,23). The van der Waals surface area contributed by atoms with E-state index in [9.17, 15) is 18.4 Å². The van der Waals surface area contributed by atoms with Gasteiger partial charge in [0, 0.05) is 17.3 Å². The number of benzene rings is 2. The molecular formula is C18H18F2N2O5. The number of nitrogens with one attached hydrogen (secondary N) is 1. The van der Waals surface area contributed by atoms with Crippen molar-refractivity contribution in [2.24, 2.45) is 5.73 Å². The van der Waals surface area contributed by atoms with E-state index in [1.54, 1.807) is 12.1 Å². The summed E-state index contributed by atoms with van der Waals surface area (Å²) in [6.45, 7) is -2.93. The van der Waals surface area contributed by atoms with Crippen molar-refractivity contribution < 1.29 is 32.6 Å². The van der Waals surface area contributed by atoms with Crippen LogP contribution in [0.1, 0.15) is 16.8 Å². The van der Waals surface area contributed by atoms with Gasteiger partial charge in [-0.2, -0.15) is 8.78 Å². The van der Waals surface area contributed by atoms with E-state index in [4.69, 9.17) is 15.2 Å². The zero-order chi connectivity index (χ0) is 19.8. The molecule has 2 aromatic carbocycles. The van der Waals surface area contributed by atoms with Gasteiger partial charge in [0.05, 0.1) is 20.1 Å². The lowest BCUT2D eigenvalue weighted by Gasteiger charge is -2.12. The number of halogens is 2. The summed E-state index contributed by atoms with van der Waals surface area (Å²) >= 11 is 0. The lowest BCUT2D eigenvalue weighted by Crippen LogP contribution is -2.15. The molecule has 27 heavy (non-hydrogen) atoms. The van der Waals surface area contributed by atoms with Crippen molar-refractivity contribution in [1.82, 2.24) is 0 Å². The minimum Gasteiger partial charge on any atom is -0.493 e. The zero-order valence-corrected chi connectivity index (χ0v) is 14.4. The van der Waals surface area contributed by atoms with Crippen LogP contribution >= 0.6 is 0 Å². The van der Waals surface area contributed by atoms with Crippen LogP contribution in [0.25, 0.3) is 0 Å². The molecule has 2 aromatic rings. The van der Waals surface area contributed by atoms with Gasteiger partial charge in [0.15, 0.2) is 11.5 Å². The fourth-order valence-corrected chi connectivity index (χ4v) is 2.14. The van der Waals surface area contributed by atoms with E-state index < -0.39 is 12.5 Å². The van der Waals surface area contributed by atoms with Crippen LogP contribution in [0.3, 0.4) is 0 Å². The Kier molecular flexibility index (Phi) is 6.93. The van der Waals surface area contributed by atoms with E-state index in [0.717, 1.165) is 0 Å². The topological polar surface area (TPSA) is 99.9 Å². The molecule has 0 aromatic heterocycles. The lowest BCUT2D eigenvalue weighted by molar-refractivity contribution is -0.116. The van der Waals surface area contributed by atoms with Crippen LogP contribution < -0.4 is 25.3 Å². The molecule has 2 amide bonds. The van der Waals surface area contributed by atoms with Crippen LogP contribution in [-0.2, 0) is 4.79 Å². The van der Waals surface area contributed by atoms with Gasteiger partial charge in [0.25, 0.3) is 0 Å². The summed E-state index contributed by atoms with van der Waals surface area (Å²) < 4.78 is 39.5. The molecule has 0 radical (unpaired) electrons. The van der Waals surface area contributed by atoms with E-state index in [1.807, 2.05) is 0 Å². The van der Waals surface area contributed by atoms with E-state index in [-0.39, 0.29) is 36.1 Å². The molecule has 2 rings (SSSR count). The number of methoxy groups -OCH3 is 1. The van der Waals surface area contributed by atoms with Crippen LogP contribution in [0.2, 0.25) is 0 Å². The molecule has 0 saturated carbocycles. The van der Waals surface area contributed by atoms with Crippen molar-refractivity contribution in [3.63, 3.8) is 0 Å². The highest BCUT2D eigenvalue weighted by Crippen LogP contribution is 2.31. The molecule has 0 aliphatic rings. The Balaban J connectivity index is 1.87. The minimum absolute atomic E-state index is 0.0225. The number of alkyl halides is 2. The third-order valence-electron chi connectivity index (χ3n) is 3.40. The number of amides is 2. The Labute approximate surface area is 154 Å². The maximum Gasteiger partial charge on any atom is 0.387 e. The molecule has 144 valence electrons. The third-order valence-corrected chi connectivity index (χ3v) is 3.40. The summed E-state index contributed by atoms with van der Waals surface area (Å²) in [6.07, 6.45) is 0.0225. The van der Waals surface area contributed by atoms with E-state index in [1.165, 1.54) is 37.4 Å². The lowest BCUT2D eigenvalue weighted by atomic mass is 10.2. The first-order valence-electron chi connectivity index (χ1n) is 7.84. The predicted molar refractivity (Wildman–Crippen MR) is 93.3 cm³/mol. The summed E-state index contributed by atoms with van der Waals surface area (Å²) in [5, 5.41) is 2.56. The normalized spacial score (nSPS) is 10.4. The number of carbonyl (C=O) groups is 2. The fourth-order valence-electron chi connectivity index (χ4n) is 2.14. The second kappa shape index (κ2) is 9.37. The average molecular weight is 380 g/mol. The molecular weight excluding hydrogens is 362 g/mol. The number of carbonyl (C=O) groups excluding carboxylic acids is 2. The molecule has 0 aliphatic carbocycles. The first-order valence-corrected chi connectivity index (χ1v) is 7.84. The monoisotopic (exact) mass is 380 g/mol. The predicted octanol–water partition coefficient (Wildman–Crippen LogP) is 2.80. The van der Waals surface area contributed by atoms with Gasteiger partial charge in [-0.15, -0.1) is 0 Å². The number of anilines is 1. The third kappa shape index (κ3) is 6.14. The molecule has 3 N–H and O–H groups in total. The summed E-state index contributed by atoms with van der Waals surface area (Å²) in [6, 6.07) is 10.3. The van der Waals surface area contributed by atoms with Crippen molar-refractivity contribution in [2.45, 2.75) is 13.0 Å². The van der Waals surface area contributed by atoms with E-state index in [0.29, 0.717) is 11.3 Å². The van der Waals surface area contributed by atoms with Crippen molar-refractivity contribution in [2.75, 3.05) is 19.0 Å². The Morgan fingerprint density at radius 3 is 2.41 bits per heavy atom. The molecule has 0 heterocycles. The van der Waals surface area contributed by atoms with Gasteiger partial charge in [-0.05, 0) is 36.4 Å². The summed E-state index contributed by atoms with van der Waals surface area (Å²) in [4.78, 5) is 22.9. The van der Waals surface area contributed by atoms with Crippen molar-refractivity contribution in [3.05, 3.63) is 48.0 Å². The van der Waals surface area contributed by atoms with Crippen LogP contribution in [0.4, 0.5) is 14.5 Å². The van der Waals surface area contributed by atoms with Crippen molar-refractivity contribution >= 4 is 17.5 Å². The number of primary amides is 1. The Morgan fingerprint density at radius 2 is 1.81 bits per heavy atom. The van der Waals surface area contributed by atoms with E-state index >= 15 is 0 Å². The minimum atomic E-state index is -3.01. The van der Waals surface area contributed by atoms with E-state index in [2.05, 4.69) is 10.1 Å². The van der Waals surface area contributed by atoms with Gasteiger partial charge in [-0.25, -0.2) is 0 Å². The summed E-state index contributed by atoms with van der Waals surface area (Å²) in [5.41, 5.74) is 5.77. The van der Waals surface area contributed by atoms with Gasteiger partial charge in [0.1, 0.15) is 5.75 Å². The van der Waals surface area contributed by atoms with Gasteiger partial charge >= 0.3 is 6.61 Å². The molecule has 0 aliphatic heterocycles. The average Bonchev–Trinajstić information content (AvgIpc) is 2.62. The molecule has 0 saturated heterocycles. The number of hydrogen-bond acceptors (Lipinski definition) is 5. The molecule has 0 bridgehead atoms. The molecule has 9 heteroatoms. The molecule has 0 fully saturated rings. The molecule has 0 spiro atoms. The first kappa shape index (κ1) is 20.0. The van der Waals surface area contributed by atoms with Crippen molar-refractivity contribution in [1.29, 1.82) is 0 Å². The van der Waals surface area contributed by atoms with Crippen molar-refractivity contribution in [3.8, 4) is 17.2 Å². The number of ether oxygens (including phenoxy) is 3.